The van der Waals surface area contributed by atoms with Crippen molar-refractivity contribution in [3.05, 3.63) is 0 Å². The third-order valence-corrected chi connectivity index (χ3v) is 6.14. The van der Waals surface area contributed by atoms with Crippen molar-refractivity contribution in [2.24, 2.45) is 11.7 Å². The Balaban J connectivity index is 2.11. The van der Waals surface area contributed by atoms with E-state index in [9.17, 15) is 8.42 Å². The lowest BCUT2D eigenvalue weighted by Gasteiger charge is -2.40. The smallest absolute Gasteiger partial charge is 0.282 e. The van der Waals surface area contributed by atoms with E-state index in [4.69, 9.17) is 10.5 Å². The summed E-state index contributed by atoms with van der Waals surface area (Å²) in [6.45, 7) is 5.20. The molecule has 0 amide bonds. The van der Waals surface area contributed by atoms with E-state index in [-0.39, 0.29) is 6.04 Å². The Labute approximate surface area is 116 Å². The van der Waals surface area contributed by atoms with Crippen molar-refractivity contribution >= 4 is 10.2 Å². The third-order valence-electron chi connectivity index (χ3n) is 4.08. The summed E-state index contributed by atoms with van der Waals surface area (Å²) in [5.74, 6) is 0.296. The Kier molecular flexibility index (Phi) is 5.19. The van der Waals surface area contributed by atoms with Crippen LogP contribution in [0.15, 0.2) is 0 Å². The fourth-order valence-corrected chi connectivity index (χ4v) is 4.79. The monoisotopic (exact) mass is 291 g/mol. The summed E-state index contributed by atoms with van der Waals surface area (Å²) in [6, 6.07) is -0.0306. The minimum atomic E-state index is -3.36. The van der Waals surface area contributed by atoms with Gasteiger partial charge in [0.2, 0.25) is 0 Å². The highest BCUT2D eigenvalue weighted by Gasteiger charge is 2.37. The van der Waals surface area contributed by atoms with Gasteiger partial charge in [-0.2, -0.15) is 17.0 Å². The highest BCUT2D eigenvalue weighted by molar-refractivity contribution is 7.86. The number of morpholine rings is 1. The van der Waals surface area contributed by atoms with Crippen LogP contribution in [0.3, 0.4) is 0 Å². The lowest BCUT2D eigenvalue weighted by atomic mass is 10.0. The van der Waals surface area contributed by atoms with Gasteiger partial charge in [0.15, 0.2) is 0 Å². The second-order valence-corrected chi connectivity index (χ2v) is 7.24. The molecule has 2 saturated heterocycles. The maximum atomic E-state index is 12.7. The first kappa shape index (κ1) is 15.2. The molecular weight excluding hydrogens is 266 g/mol. The third kappa shape index (κ3) is 3.28. The molecular formula is C12H25N3O3S. The largest absolute Gasteiger partial charge is 0.378 e. The zero-order valence-corrected chi connectivity index (χ0v) is 12.4. The fourth-order valence-electron chi connectivity index (χ4n) is 2.84. The Bertz CT molecular complexity index is 388. The number of nitrogens with two attached hydrogens (primary N) is 1. The van der Waals surface area contributed by atoms with Gasteiger partial charge in [0, 0.05) is 25.7 Å². The first-order chi connectivity index (χ1) is 9.09. The first-order valence-electron chi connectivity index (χ1n) is 7.14. The molecule has 0 saturated carbocycles. The minimum Gasteiger partial charge on any atom is -0.378 e. The van der Waals surface area contributed by atoms with Gasteiger partial charge in [0.25, 0.3) is 10.2 Å². The standard InChI is InChI=1S/C12H25N3O3S/c1-2-12-10-18-7-6-15(12)19(16,17)14-5-3-4-11(8-13)9-14/h11-12H,2-10,13H2,1H3. The van der Waals surface area contributed by atoms with E-state index >= 15 is 0 Å². The molecule has 2 N–H and O–H groups in total. The van der Waals surface area contributed by atoms with Crippen molar-refractivity contribution in [1.82, 2.24) is 8.61 Å². The van der Waals surface area contributed by atoms with Crippen molar-refractivity contribution in [2.45, 2.75) is 32.2 Å². The summed E-state index contributed by atoms with van der Waals surface area (Å²) < 4.78 is 34.1. The van der Waals surface area contributed by atoms with Crippen LogP contribution in [0.25, 0.3) is 0 Å². The van der Waals surface area contributed by atoms with E-state index < -0.39 is 10.2 Å². The Morgan fingerprint density at radius 2 is 2.16 bits per heavy atom. The highest BCUT2D eigenvalue weighted by Crippen LogP contribution is 2.23. The van der Waals surface area contributed by atoms with Gasteiger partial charge >= 0.3 is 0 Å². The number of hydrogen-bond acceptors (Lipinski definition) is 4. The molecule has 2 rings (SSSR count). The summed E-state index contributed by atoms with van der Waals surface area (Å²) >= 11 is 0. The number of hydrogen-bond donors (Lipinski definition) is 1. The molecule has 0 radical (unpaired) electrons. The van der Waals surface area contributed by atoms with Crippen LogP contribution in [-0.4, -0.2) is 62.5 Å². The molecule has 0 bridgehead atoms. The molecule has 112 valence electrons. The maximum Gasteiger partial charge on any atom is 0.282 e. The topological polar surface area (TPSA) is 75.9 Å². The van der Waals surface area contributed by atoms with Crippen LogP contribution in [0.4, 0.5) is 0 Å². The van der Waals surface area contributed by atoms with Gasteiger partial charge in [-0.3, -0.25) is 0 Å². The van der Waals surface area contributed by atoms with Gasteiger partial charge in [0.05, 0.1) is 13.2 Å². The highest BCUT2D eigenvalue weighted by atomic mass is 32.2. The minimum absolute atomic E-state index is 0.0306. The molecule has 7 heteroatoms. The van der Waals surface area contributed by atoms with Crippen LogP contribution in [0.5, 0.6) is 0 Å². The van der Waals surface area contributed by atoms with Crippen LogP contribution >= 0.6 is 0 Å². The van der Waals surface area contributed by atoms with Gasteiger partial charge in [-0.25, -0.2) is 0 Å². The zero-order chi connectivity index (χ0) is 13.9. The normalized spacial score (nSPS) is 31.5. The zero-order valence-electron chi connectivity index (χ0n) is 11.6. The fraction of sp³-hybridized carbons (Fsp3) is 1.00. The first-order valence-corrected chi connectivity index (χ1v) is 8.54. The molecule has 0 aromatic carbocycles. The van der Waals surface area contributed by atoms with Crippen molar-refractivity contribution < 1.29 is 13.2 Å². The van der Waals surface area contributed by atoms with E-state index in [1.165, 1.54) is 0 Å². The van der Waals surface area contributed by atoms with Gasteiger partial charge in [0.1, 0.15) is 0 Å². The molecule has 2 heterocycles. The van der Waals surface area contributed by atoms with E-state index in [1.807, 2.05) is 6.92 Å². The number of nitrogens with zero attached hydrogens (tertiary/aromatic N) is 2. The molecule has 0 spiro atoms. The molecule has 2 unspecified atom stereocenters. The van der Waals surface area contributed by atoms with Crippen molar-refractivity contribution in [3.8, 4) is 0 Å². The lowest BCUT2D eigenvalue weighted by Crippen LogP contribution is -2.55. The van der Waals surface area contributed by atoms with E-state index in [2.05, 4.69) is 0 Å². The second-order valence-electron chi connectivity index (χ2n) is 5.36. The molecule has 19 heavy (non-hydrogen) atoms. The molecule has 2 aliphatic rings. The van der Waals surface area contributed by atoms with Gasteiger partial charge < -0.3 is 10.5 Å². The average Bonchev–Trinajstić information content (AvgIpc) is 2.47. The number of rotatable bonds is 4. The molecule has 2 fully saturated rings. The molecule has 2 aliphatic heterocycles. The summed E-state index contributed by atoms with van der Waals surface area (Å²) in [6.07, 6.45) is 2.72. The van der Waals surface area contributed by atoms with Crippen LogP contribution in [-0.2, 0) is 14.9 Å². The van der Waals surface area contributed by atoms with Gasteiger partial charge in [-0.1, -0.05) is 6.92 Å². The quantitative estimate of drug-likeness (QED) is 0.792. The Morgan fingerprint density at radius 3 is 2.84 bits per heavy atom. The lowest BCUT2D eigenvalue weighted by molar-refractivity contribution is 0.0277. The van der Waals surface area contributed by atoms with Gasteiger partial charge in [-0.15, -0.1) is 0 Å². The average molecular weight is 291 g/mol. The number of ether oxygens (including phenoxy) is 1. The van der Waals surface area contributed by atoms with Crippen LogP contribution in [0.2, 0.25) is 0 Å². The van der Waals surface area contributed by atoms with E-state index in [1.54, 1.807) is 8.61 Å². The molecule has 2 atom stereocenters. The van der Waals surface area contributed by atoms with E-state index in [0.29, 0.717) is 45.3 Å². The molecule has 6 nitrogen and oxygen atoms in total. The SMILES string of the molecule is CCC1COCCN1S(=O)(=O)N1CCCC(CN)C1. The summed E-state index contributed by atoms with van der Waals surface area (Å²) in [5.41, 5.74) is 5.69. The van der Waals surface area contributed by atoms with Crippen molar-refractivity contribution in [1.29, 1.82) is 0 Å². The molecule has 0 aliphatic carbocycles. The summed E-state index contributed by atoms with van der Waals surface area (Å²) in [5, 5.41) is 0. The van der Waals surface area contributed by atoms with Crippen molar-refractivity contribution in [3.63, 3.8) is 0 Å². The number of piperidine rings is 1. The molecule has 0 aromatic heterocycles. The Hall–Kier alpha value is -0.210. The molecule has 0 aromatic rings. The van der Waals surface area contributed by atoms with E-state index in [0.717, 1.165) is 19.3 Å². The van der Waals surface area contributed by atoms with Crippen LogP contribution < -0.4 is 5.73 Å². The van der Waals surface area contributed by atoms with Gasteiger partial charge in [-0.05, 0) is 31.7 Å². The van der Waals surface area contributed by atoms with Crippen LogP contribution in [0, 0.1) is 5.92 Å². The summed E-state index contributed by atoms with van der Waals surface area (Å²) in [7, 11) is -3.36. The predicted octanol–water partition coefficient (Wildman–Crippen LogP) is 0.0127. The van der Waals surface area contributed by atoms with Crippen molar-refractivity contribution in [2.75, 3.05) is 39.4 Å². The second kappa shape index (κ2) is 6.49. The summed E-state index contributed by atoms with van der Waals surface area (Å²) in [4.78, 5) is 0. The predicted molar refractivity (Wildman–Crippen MR) is 73.9 cm³/mol. The maximum absolute atomic E-state index is 12.7. The van der Waals surface area contributed by atoms with Crippen LogP contribution in [0.1, 0.15) is 26.2 Å². The Morgan fingerprint density at radius 1 is 1.37 bits per heavy atom.